The lowest BCUT2D eigenvalue weighted by molar-refractivity contribution is -0.121. The minimum absolute atomic E-state index is 0.0526. The Labute approximate surface area is 173 Å². The van der Waals surface area contributed by atoms with Gasteiger partial charge < -0.3 is 10.2 Å². The first-order valence-electron chi connectivity index (χ1n) is 9.95. The van der Waals surface area contributed by atoms with Crippen LogP contribution in [0.5, 0.6) is 0 Å². The van der Waals surface area contributed by atoms with Gasteiger partial charge in [-0.25, -0.2) is 13.1 Å². The summed E-state index contributed by atoms with van der Waals surface area (Å²) in [5, 5.41) is 4.84. The van der Waals surface area contributed by atoms with Crippen molar-refractivity contribution in [3.63, 3.8) is 0 Å². The van der Waals surface area contributed by atoms with Crippen LogP contribution in [-0.2, 0) is 14.8 Å². The Morgan fingerprint density at radius 1 is 1.14 bits per heavy atom. The lowest BCUT2D eigenvalue weighted by Gasteiger charge is -2.11. The van der Waals surface area contributed by atoms with Crippen molar-refractivity contribution < 1.29 is 13.2 Å². The molecule has 0 spiro atoms. The molecule has 6 nitrogen and oxygen atoms in total. The van der Waals surface area contributed by atoms with Crippen LogP contribution in [0.15, 0.2) is 59.0 Å². The molecule has 7 heteroatoms. The molecule has 1 unspecified atom stereocenters. The SMILES string of the molecule is CN(C)CCC1=CC(NC(=O)CCNS(=O)(=O)c2ccc3ccccc3c2)CC1. The molecule has 0 radical (unpaired) electrons. The van der Waals surface area contributed by atoms with Gasteiger partial charge in [0.15, 0.2) is 0 Å². The summed E-state index contributed by atoms with van der Waals surface area (Å²) in [6.45, 7) is 1.08. The number of rotatable bonds is 9. The third kappa shape index (κ3) is 6.13. The zero-order chi connectivity index (χ0) is 20.9. The highest BCUT2D eigenvalue weighted by Gasteiger charge is 2.19. The van der Waals surface area contributed by atoms with Gasteiger partial charge in [-0.2, -0.15) is 0 Å². The molecule has 0 aromatic heterocycles. The molecular formula is C22H29N3O3S. The molecule has 2 aromatic carbocycles. The smallest absolute Gasteiger partial charge is 0.240 e. The van der Waals surface area contributed by atoms with Crippen molar-refractivity contribution in [2.45, 2.75) is 36.6 Å². The van der Waals surface area contributed by atoms with E-state index in [1.807, 2.05) is 38.4 Å². The Kier molecular flexibility index (Phi) is 7.05. The lowest BCUT2D eigenvalue weighted by Crippen LogP contribution is -2.35. The Morgan fingerprint density at radius 3 is 2.66 bits per heavy atom. The van der Waals surface area contributed by atoms with E-state index in [0.717, 1.165) is 36.6 Å². The number of nitrogens with zero attached hydrogens (tertiary/aromatic N) is 1. The van der Waals surface area contributed by atoms with Crippen LogP contribution in [0.25, 0.3) is 10.8 Å². The molecule has 3 rings (SSSR count). The Hall–Kier alpha value is -2.22. The van der Waals surface area contributed by atoms with Crippen LogP contribution in [0.2, 0.25) is 0 Å². The molecule has 2 aromatic rings. The number of hydrogen-bond donors (Lipinski definition) is 2. The van der Waals surface area contributed by atoms with Gasteiger partial charge >= 0.3 is 0 Å². The highest BCUT2D eigenvalue weighted by Crippen LogP contribution is 2.21. The number of carbonyl (C=O) groups is 1. The highest BCUT2D eigenvalue weighted by molar-refractivity contribution is 7.89. The van der Waals surface area contributed by atoms with Gasteiger partial charge in [0.1, 0.15) is 0 Å². The van der Waals surface area contributed by atoms with E-state index in [0.29, 0.717) is 0 Å². The molecule has 0 fully saturated rings. The van der Waals surface area contributed by atoms with E-state index in [-0.39, 0.29) is 29.8 Å². The lowest BCUT2D eigenvalue weighted by atomic mass is 10.1. The molecule has 0 heterocycles. The first kappa shape index (κ1) is 21.5. The van der Waals surface area contributed by atoms with Crippen LogP contribution in [0, 0.1) is 0 Å². The fourth-order valence-corrected chi connectivity index (χ4v) is 4.54. The summed E-state index contributed by atoms with van der Waals surface area (Å²) in [5.74, 6) is -0.138. The van der Waals surface area contributed by atoms with E-state index in [2.05, 4.69) is 21.0 Å². The van der Waals surface area contributed by atoms with Crippen molar-refractivity contribution in [3.8, 4) is 0 Å². The highest BCUT2D eigenvalue weighted by atomic mass is 32.2. The maximum Gasteiger partial charge on any atom is 0.240 e. The van der Waals surface area contributed by atoms with Crippen LogP contribution < -0.4 is 10.0 Å². The van der Waals surface area contributed by atoms with Crippen LogP contribution in [-0.4, -0.2) is 52.5 Å². The second-order valence-corrected chi connectivity index (χ2v) is 9.51. The quantitative estimate of drug-likeness (QED) is 0.617. The normalized spacial score (nSPS) is 16.9. The summed E-state index contributed by atoms with van der Waals surface area (Å²) in [4.78, 5) is 14.5. The van der Waals surface area contributed by atoms with E-state index < -0.39 is 10.0 Å². The van der Waals surface area contributed by atoms with Crippen molar-refractivity contribution in [1.82, 2.24) is 14.9 Å². The largest absolute Gasteiger partial charge is 0.350 e. The van der Waals surface area contributed by atoms with Gasteiger partial charge in [-0.05, 0) is 56.3 Å². The number of benzene rings is 2. The van der Waals surface area contributed by atoms with Gasteiger partial charge in [0.25, 0.3) is 0 Å². The van der Waals surface area contributed by atoms with E-state index in [1.54, 1.807) is 18.2 Å². The fraction of sp³-hybridized carbons (Fsp3) is 0.409. The summed E-state index contributed by atoms with van der Waals surface area (Å²) >= 11 is 0. The standard InChI is InChI=1S/C22H29N3O3S/c1-25(2)14-12-17-7-9-20(15-17)24-22(26)11-13-23-29(27,28)21-10-8-18-5-3-4-6-19(18)16-21/h3-6,8,10,15-16,20,23H,7,9,11-14H2,1-2H3,(H,24,26). The van der Waals surface area contributed by atoms with E-state index in [4.69, 9.17) is 0 Å². The Morgan fingerprint density at radius 2 is 1.90 bits per heavy atom. The molecule has 0 saturated carbocycles. The third-order valence-corrected chi connectivity index (χ3v) is 6.57. The van der Waals surface area contributed by atoms with Crippen LogP contribution in [0.4, 0.5) is 0 Å². The zero-order valence-corrected chi connectivity index (χ0v) is 17.8. The molecule has 0 bridgehead atoms. The molecule has 0 saturated heterocycles. The van der Waals surface area contributed by atoms with Crippen molar-refractivity contribution in [2.75, 3.05) is 27.2 Å². The van der Waals surface area contributed by atoms with E-state index >= 15 is 0 Å². The molecule has 1 atom stereocenters. The number of carbonyl (C=O) groups excluding carboxylic acids is 1. The number of fused-ring (bicyclic) bond motifs is 1. The summed E-state index contributed by atoms with van der Waals surface area (Å²) < 4.78 is 27.6. The van der Waals surface area contributed by atoms with Crippen LogP contribution in [0.3, 0.4) is 0 Å². The van der Waals surface area contributed by atoms with Crippen molar-refractivity contribution in [1.29, 1.82) is 0 Å². The van der Waals surface area contributed by atoms with Gasteiger partial charge in [-0.15, -0.1) is 0 Å². The number of hydrogen-bond acceptors (Lipinski definition) is 4. The summed E-state index contributed by atoms with van der Waals surface area (Å²) in [7, 11) is 0.453. The maximum atomic E-state index is 12.5. The van der Waals surface area contributed by atoms with Crippen molar-refractivity contribution >= 4 is 26.7 Å². The van der Waals surface area contributed by atoms with Gasteiger partial charge in [0.05, 0.1) is 4.90 Å². The zero-order valence-electron chi connectivity index (χ0n) is 17.0. The molecule has 1 aliphatic carbocycles. The van der Waals surface area contributed by atoms with Gasteiger partial charge in [-0.3, -0.25) is 4.79 Å². The van der Waals surface area contributed by atoms with Crippen molar-refractivity contribution in [2.24, 2.45) is 0 Å². The molecular weight excluding hydrogens is 386 g/mol. The summed E-state index contributed by atoms with van der Waals surface area (Å²) in [6.07, 6.45) is 5.19. The third-order valence-electron chi connectivity index (χ3n) is 5.12. The number of sulfonamides is 1. The predicted molar refractivity (Wildman–Crippen MR) is 116 cm³/mol. The Bertz CT molecular complexity index is 999. The first-order valence-corrected chi connectivity index (χ1v) is 11.4. The molecule has 0 aliphatic heterocycles. The minimum atomic E-state index is -3.65. The summed E-state index contributed by atoms with van der Waals surface area (Å²) in [5.41, 5.74) is 1.38. The molecule has 156 valence electrons. The van der Waals surface area contributed by atoms with Crippen LogP contribution in [0.1, 0.15) is 25.7 Å². The van der Waals surface area contributed by atoms with E-state index in [1.165, 1.54) is 5.57 Å². The molecule has 1 amide bonds. The minimum Gasteiger partial charge on any atom is -0.350 e. The van der Waals surface area contributed by atoms with Gasteiger partial charge in [-0.1, -0.05) is 42.0 Å². The van der Waals surface area contributed by atoms with Gasteiger partial charge in [0.2, 0.25) is 15.9 Å². The number of amides is 1. The van der Waals surface area contributed by atoms with Crippen LogP contribution >= 0.6 is 0 Å². The van der Waals surface area contributed by atoms with E-state index in [9.17, 15) is 13.2 Å². The maximum absolute atomic E-state index is 12.5. The van der Waals surface area contributed by atoms with Crippen molar-refractivity contribution in [3.05, 3.63) is 54.1 Å². The average Bonchev–Trinajstić information content (AvgIpc) is 3.13. The average molecular weight is 416 g/mol. The molecule has 29 heavy (non-hydrogen) atoms. The second kappa shape index (κ2) is 9.52. The summed E-state index contributed by atoms with van der Waals surface area (Å²) in [6, 6.07) is 12.7. The van der Waals surface area contributed by atoms with Gasteiger partial charge in [0, 0.05) is 25.6 Å². The predicted octanol–water partition coefficient (Wildman–Crippen LogP) is 2.66. The number of nitrogens with one attached hydrogen (secondary N) is 2. The second-order valence-electron chi connectivity index (χ2n) is 7.75. The monoisotopic (exact) mass is 415 g/mol. The molecule has 2 N–H and O–H groups in total. The fourth-order valence-electron chi connectivity index (χ4n) is 3.48. The Balaban J connectivity index is 1.48. The topological polar surface area (TPSA) is 78.5 Å². The first-order chi connectivity index (χ1) is 13.8. The molecule has 1 aliphatic rings.